The molecule has 2 rings (SSSR count). The Morgan fingerprint density at radius 3 is 3.05 bits per heavy atom. The van der Waals surface area contributed by atoms with Crippen LogP contribution in [-0.2, 0) is 16.1 Å². The minimum atomic E-state index is -0.0187. The van der Waals surface area contributed by atoms with Crippen LogP contribution < -0.4 is 15.4 Å². The molecule has 1 fully saturated rings. The van der Waals surface area contributed by atoms with Crippen LogP contribution in [0.4, 0.5) is 0 Å². The molecule has 6 nitrogen and oxygen atoms in total. The number of hydrogen-bond acceptors (Lipinski definition) is 5. The quantitative estimate of drug-likeness (QED) is 0.780. The van der Waals surface area contributed by atoms with E-state index in [1.54, 1.807) is 13.3 Å². The molecule has 116 valence electrons. The van der Waals surface area contributed by atoms with Crippen LogP contribution in [0, 0.1) is 0 Å². The number of pyridine rings is 1. The number of ether oxygens (including phenoxy) is 2. The molecule has 1 saturated heterocycles. The van der Waals surface area contributed by atoms with Crippen molar-refractivity contribution < 1.29 is 14.3 Å². The Labute approximate surface area is 125 Å². The van der Waals surface area contributed by atoms with Crippen molar-refractivity contribution in [2.75, 3.05) is 26.8 Å². The van der Waals surface area contributed by atoms with Gasteiger partial charge >= 0.3 is 0 Å². The summed E-state index contributed by atoms with van der Waals surface area (Å²) in [6.07, 6.45) is 4.38. The fraction of sp³-hybridized carbons (Fsp3) is 0.600. The molecule has 6 heteroatoms. The van der Waals surface area contributed by atoms with Crippen LogP contribution in [0.15, 0.2) is 18.3 Å². The van der Waals surface area contributed by atoms with Gasteiger partial charge in [-0.3, -0.25) is 4.79 Å². The van der Waals surface area contributed by atoms with Gasteiger partial charge in [-0.05, 0) is 32.0 Å². The number of piperidine rings is 1. The van der Waals surface area contributed by atoms with E-state index in [1.165, 1.54) is 0 Å². The van der Waals surface area contributed by atoms with Crippen LogP contribution in [0.25, 0.3) is 0 Å². The molecule has 0 spiro atoms. The summed E-state index contributed by atoms with van der Waals surface area (Å²) in [5.74, 6) is 0.526. The highest BCUT2D eigenvalue weighted by molar-refractivity contribution is 5.76. The minimum absolute atomic E-state index is 0.0187. The Bertz CT molecular complexity index is 448. The Hall–Kier alpha value is -1.66. The maximum Gasteiger partial charge on any atom is 0.222 e. The Balaban J connectivity index is 1.65. The van der Waals surface area contributed by atoms with Gasteiger partial charge in [0, 0.05) is 24.7 Å². The molecule has 1 aliphatic rings. The second kappa shape index (κ2) is 8.59. The van der Waals surface area contributed by atoms with E-state index in [9.17, 15) is 4.79 Å². The number of aromatic nitrogens is 1. The van der Waals surface area contributed by atoms with E-state index in [4.69, 9.17) is 9.47 Å². The highest BCUT2D eigenvalue weighted by atomic mass is 16.5. The summed E-state index contributed by atoms with van der Waals surface area (Å²) in [7, 11) is 1.57. The lowest BCUT2D eigenvalue weighted by molar-refractivity contribution is -0.122. The molecule has 0 aliphatic carbocycles. The average molecular weight is 293 g/mol. The minimum Gasteiger partial charge on any atom is -0.481 e. The standard InChI is InChI=1S/C15H23N3O3/c1-20-15-12(3-2-7-17-15)11-18-14(19)6-10-21-13-4-8-16-9-5-13/h2-3,7,13,16H,4-6,8-11H2,1H3,(H,18,19). The van der Waals surface area contributed by atoms with Gasteiger partial charge in [-0.25, -0.2) is 4.98 Å². The van der Waals surface area contributed by atoms with E-state index < -0.39 is 0 Å². The summed E-state index contributed by atoms with van der Waals surface area (Å²) in [6.45, 7) is 2.89. The molecular formula is C15H23N3O3. The normalized spacial score (nSPS) is 15.7. The van der Waals surface area contributed by atoms with Crippen LogP contribution in [0.3, 0.4) is 0 Å². The second-order valence-electron chi connectivity index (χ2n) is 5.02. The van der Waals surface area contributed by atoms with Crippen molar-refractivity contribution >= 4 is 5.91 Å². The van der Waals surface area contributed by atoms with Gasteiger partial charge in [0.2, 0.25) is 11.8 Å². The molecular weight excluding hydrogens is 270 g/mol. The number of carbonyl (C=O) groups excluding carboxylic acids is 1. The second-order valence-corrected chi connectivity index (χ2v) is 5.02. The van der Waals surface area contributed by atoms with Gasteiger partial charge in [0.1, 0.15) is 0 Å². The zero-order valence-corrected chi connectivity index (χ0v) is 12.4. The van der Waals surface area contributed by atoms with Gasteiger partial charge in [0.25, 0.3) is 0 Å². The lowest BCUT2D eigenvalue weighted by Crippen LogP contribution is -2.33. The molecule has 1 aromatic rings. The molecule has 0 unspecified atom stereocenters. The third-order valence-electron chi connectivity index (χ3n) is 3.49. The first-order valence-electron chi connectivity index (χ1n) is 7.36. The Morgan fingerprint density at radius 2 is 2.29 bits per heavy atom. The summed E-state index contributed by atoms with van der Waals surface area (Å²) < 4.78 is 10.9. The molecule has 0 atom stereocenters. The predicted octanol–water partition coefficient (Wildman–Crippen LogP) is 0.865. The predicted molar refractivity (Wildman–Crippen MR) is 79.1 cm³/mol. The van der Waals surface area contributed by atoms with Crippen LogP contribution in [-0.4, -0.2) is 43.8 Å². The van der Waals surface area contributed by atoms with Crippen molar-refractivity contribution in [1.29, 1.82) is 0 Å². The first kappa shape index (κ1) is 15.7. The number of nitrogens with zero attached hydrogens (tertiary/aromatic N) is 1. The molecule has 0 bridgehead atoms. The van der Waals surface area contributed by atoms with E-state index in [2.05, 4.69) is 15.6 Å². The van der Waals surface area contributed by atoms with E-state index >= 15 is 0 Å². The molecule has 2 heterocycles. The van der Waals surface area contributed by atoms with Crippen LogP contribution in [0.1, 0.15) is 24.8 Å². The Kier molecular flexibility index (Phi) is 6.43. The monoisotopic (exact) mass is 293 g/mol. The fourth-order valence-electron chi connectivity index (χ4n) is 2.31. The van der Waals surface area contributed by atoms with Crippen molar-refractivity contribution in [2.24, 2.45) is 0 Å². The molecule has 1 amide bonds. The third kappa shape index (κ3) is 5.32. The molecule has 1 aromatic heterocycles. The van der Waals surface area contributed by atoms with Gasteiger partial charge in [0.05, 0.1) is 19.8 Å². The summed E-state index contributed by atoms with van der Waals surface area (Å²) in [5.41, 5.74) is 0.868. The van der Waals surface area contributed by atoms with Gasteiger partial charge < -0.3 is 20.1 Å². The van der Waals surface area contributed by atoms with Crippen LogP contribution in [0.2, 0.25) is 0 Å². The Morgan fingerprint density at radius 1 is 1.48 bits per heavy atom. The average Bonchev–Trinajstić information content (AvgIpc) is 2.54. The SMILES string of the molecule is COc1ncccc1CNC(=O)CCOC1CCNCC1. The van der Waals surface area contributed by atoms with Gasteiger partial charge in [-0.1, -0.05) is 6.07 Å². The van der Waals surface area contributed by atoms with Gasteiger partial charge in [0.15, 0.2) is 0 Å². The number of amides is 1. The highest BCUT2D eigenvalue weighted by Gasteiger charge is 2.13. The molecule has 2 N–H and O–H groups in total. The largest absolute Gasteiger partial charge is 0.481 e. The summed E-state index contributed by atoms with van der Waals surface area (Å²) in [5, 5.41) is 6.15. The lowest BCUT2D eigenvalue weighted by atomic mass is 10.1. The fourth-order valence-corrected chi connectivity index (χ4v) is 2.31. The molecule has 0 radical (unpaired) electrons. The maximum atomic E-state index is 11.8. The van der Waals surface area contributed by atoms with Crippen molar-refractivity contribution in [1.82, 2.24) is 15.6 Å². The lowest BCUT2D eigenvalue weighted by Gasteiger charge is -2.22. The number of methoxy groups -OCH3 is 1. The van der Waals surface area contributed by atoms with E-state index in [-0.39, 0.29) is 12.0 Å². The molecule has 1 aliphatic heterocycles. The van der Waals surface area contributed by atoms with E-state index in [1.807, 2.05) is 12.1 Å². The number of rotatable bonds is 7. The zero-order valence-electron chi connectivity index (χ0n) is 12.4. The first-order valence-corrected chi connectivity index (χ1v) is 7.36. The summed E-state index contributed by atoms with van der Waals surface area (Å²) in [6, 6.07) is 3.71. The number of hydrogen-bond donors (Lipinski definition) is 2. The topological polar surface area (TPSA) is 72.5 Å². The molecule has 0 aromatic carbocycles. The van der Waals surface area contributed by atoms with E-state index in [0.29, 0.717) is 25.5 Å². The molecule has 0 saturated carbocycles. The van der Waals surface area contributed by atoms with Crippen molar-refractivity contribution in [3.8, 4) is 5.88 Å². The number of nitrogens with one attached hydrogen (secondary N) is 2. The third-order valence-corrected chi connectivity index (χ3v) is 3.49. The van der Waals surface area contributed by atoms with E-state index in [0.717, 1.165) is 31.5 Å². The van der Waals surface area contributed by atoms with Crippen molar-refractivity contribution in [2.45, 2.75) is 31.9 Å². The maximum absolute atomic E-state index is 11.8. The van der Waals surface area contributed by atoms with Crippen LogP contribution in [0.5, 0.6) is 5.88 Å². The van der Waals surface area contributed by atoms with Gasteiger partial charge in [-0.2, -0.15) is 0 Å². The van der Waals surface area contributed by atoms with Gasteiger partial charge in [-0.15, -0.1) is 0 Å². The summed E-state index contributed by atoms with van der Waals surface area (Å²) >= 11 is 0. The number of carbonyl (C=O) groups is 1. The van der Waals surface area contributed by atoms with Crippen molar-refractivity contribution in [3.05, 3.63) is 23.9 Å². The first-order chi connectivity index (χ1) is 10.3. The zero-order chi connectivity index (χ0) is 14.9. The highest BCUT2D eigenvalue weighted by Crippen LogP contribution is 2.13. The molecule has 21 heavy (non-hydrogen) atoms. The van der Waals surface area contributed by atoms with Crippen molar-refractivity contribution in [3.63, 3.8) is 0 Å². The summed E-state index contributed by atoms with van der Waals surface area (Å²) in [4.78, 5) is 15.9. The van der Waals surface area contributed by atoms with Crippen LogP contribution >= 0.6 is 0 Å². The smallest absolute Gasteiger partial charge is 0.222 e.